The van der Waals surface area contributed by atoms with Crippen LogP contribution < -0.4 is 16.6 Å². The van der Waals surface area contributed by atoms with Crippen LogP contribution in [0.15, 0.2) is 47.3 Å². The van der Waals surface area contributed by atoms with Gasteiger partial charge in [-0.2, -0.15) is 10.2 Å². The molecule has 4 rings (SSSR count). The third-order valence-corrected chi connectivity index (χ3v) is 5.45. The van der Waals surface area contributed by atoms with E-state index in [1.807, 2.05) is 63.2 Å². The predicted octanol–water partition coefficient (Wildman–Crippen LogP) is 3.73. The molecule has 0 saturated carbocycles. The summed E-state index contributed by atoms with van der Waals surface area (Å²) in [5, 5.41) is 13.4. The van der Waals surface area contributed by atoms with E-state index in [1.165, 1.54) is 0 Å². The van der Waals surface area contributed by atoms with E-state index in [0.717, 1.165) is 16.8 Å². The molecule has 4 aromatic rings. The number of anilines is 2. The number of aryl methyl sites for hydroxylation is 3. The van der Waals surface area contributed by atoms with Crippen molar-refractivity contribution in [3.8, 4) is 11.8 Å². The molecule has 32 heavy (non-hydrogen) atoms. The summed E-state index contributed by atoms with van der Waals surface area (Å²) in [5.41, 5.74) is 9.61. The summed E-state index contributed by atoms with van der Waals surface area (Å²) in [6.07, 6.45) is 0. The Bertz CT molecular complexity index is 1450. The summed E-state index contributed by atoms with van der Waals surface area (Å²) in [6, 6.07) is 14.9. The van der Waals surface area contributed by atoms with Gasteiger partial charge in [-0.25, -0.2) is 9.97 Å². The summed E-state index contributed by atoms with van der Waals surface area (Å²) in [7, 11) is 0. The summed E-state index contributed by atoms with van der Waals surface area (Å²) in [4.78, 5) is 26.8. The monoisotopic (exact) mass is 425 g/mol. The zero-order valence-corrected chi connectivity index (χ0v) is 18.3. The molecule has 2 heterocycles. The number of para-hydroxylation sites is 1. The number of hydrogen-bond donors (Lipinski definition) is 2. The second-order valence-electron chi connectivity index (χ2n) is 7.73. The van der Waals surface area contributed by atoms with Crippen LogP contribution in [-0.4, -0.2) is 19.5 Å². The van der Waals surface area contributed by atoms with Crippen LogP contribution in [0.2, 0.25) is 0 Å². The molecule has 1 atom stereocenters. The minimum absolute atomic E-state index is 0.0644. The Hall–Kier alpha value is -4.25. The minimum atomic E-state index is -0.465. The van der Waals surface area contributed by atoms with Gasteiger partial charge in [0.05, 0.1) is 28.3 Å². The molecule has 2 aromatic heterocycles. The molecular formula is C24H23N7O. The lowest BCUT2D eigenvalue weighted by atomic mass is 10.1. The SMILES string of the molecule is Cc1ccccc1-n1c([C@H](C)Nc2nc(N)nc(C)c2C#N)nc2cccc(C)c2c1=O. The summed E-state index contributed by atoms with van der Waals surface area (Å²) >= 11 is 0. The van der Waals surface area contributed by atoms with Gasteiger partial charge in [0.1, 0.15) is 23.3 Å². The van der Waals surface area contributed by atoms with Crippen LogP contribution in [0.3, 0.4) is 0 Å². The second kappa shape index (κ2) is 8.12. The van der Waals surface area contributed by atoms with E-state index >= 15 is 0 Å². The van der Waals surface area contributed by atoms with Gasteiger partial charge in [-0.1, -0.05) is 30.3 Å². The summed E-state index contributed by atoms with van der Waals surface area (Å²) in [5.74, 6) is 0.871. The van der Waals surface area contributed by atoms with E-state index < -0.39 is 6.04 Å². The van der Waals surface area contributed by atoms with E-state index in [-0.39, 0.29) is 11.5 Å². The van der Waals surface area contributed by atoms with Crippen molar-refractivity contribution in [2.24, 2.45) is 0 Å². The second-order valence-corrected chi connectivity index (χ2v) is 7.73. The van der Waals surface area contributed by atoms with Crippen molar-refractivity contribution in [1.82, 2.24) is 19.5 Å². The fraction of sp³-hybridized carbons (Fsp3) is 0.208. The average Bonchev–Trinajstić information content (AvgIpc) is 2.74. The van der Waals surface area contributed by atoms with Gasteiger partial charge in [-0.3, -0.25) is 9.36 Å². The van der Waals surface area contributed by atoms with Crippen LogP contribution in [0.1, 0.15) is 41.2 Å². The fourth-order valence-corrected chi connectivity index (χ4v) is 3.85. The largest absolute Gasteiger partial charge is 0.368 e. The zero-order chi connectivity index (χ0) is 23.0. The molecule has 0 bridgehead atoms. The first-order chi connectivity index (χ1) is 15.3. The quantitative estimate of drug-likeness (QED) is 0.511. The van der Waals surface area contributed by atoms with Crippen molar-refractivity contribution < 1.29 is 0 Å². The molecule has 8 heteroatoms. The minimum Gasteiger partial charge on any atom is -0.368 e. The van der Waals surface area contributed by atoms with Crippen LogP contribution in [0, 0.1) is 32.1 Å². The number of aromatic nitrogens is 4. The molecule has 0 aliphatic carbocycles. The van der Waals surface area contributed by atoms with Crippen molar-refractivity contribution >= 4 is 22.7 Å². The molecular weight excluding hydrogens is 402 g/mol. The lowest BCUT2D eigenvalue weighted by Gasteiger charge is -2.22. The molecule has 0 aliphatic heterocycles. The Kier molecular flexibility index (Phi) is 5.33. The highest BCUT2D eigenvalue weighted by Gasteiger charge is 2.21. The Labute approximate surface area is 185 Å². The summed E-state index contributed by atoms with van der Waals surface area (Å²) in [6.45, 7) is 7.42. The molecule has 160 valence electrons. The third-order valence-electron chi connectivity index (χ3n) is 5.45. The van der Waals surface area contributed by atoms with Crippen molar-refractivity contribution in [2.75, 3.05) is 11.1 Å². The molecule has 0 saturated heterocycles. The van der Waals surface area contributed by atoms with E-state index in [0.29, 0.717) is 33.8 Å². The maximum Gasteiger partial charge on any atom is 0.266 e. The first-order valence-electron chi connectivity index (χ1n) is 10.2. The van der Waals surface area contributed by atoms with Crippen molar-refractivity contribution in [1.29, 1.82) is 5.26 Å². The lowest BCUT2D eigenvalue weighted by molar-refractivity contribution is 0.728. The smallest absolute Gasteiger partial charge is 0.266 e. The average molecular weight is 425 g/mol. The first-order valence-corrected chi connectivity index (χ1v) is 10.2. The number of rotatable bonds is 4. The Morgan fingerprint density at radius 2 is 1.75 bits per heavy atom. The van der Waals surface area contributed by atoms with E-state index in [4.69, 9.17) is 10.7 Å². The Morgan fingerprint density at radius 3 is 2.47 bits per heavy atom. The number of nitrogens with two attached hydrogens (primary N) is 1. The highest BCUT2D eigenvalue weighted by atomic mass is 16.1. The molecule has 0 spiro atoms. The molecule has 0 fully saturated rings. The molecule has 3 N–H and O–H groups in total. The molecule has 2 aromatic carbocycles. The van der Waals surface area contributed by atoms with Crippen LogP contribution in [-0.2, 0) is 0 Å². The van der Waals surface area contributed by atoms with Gasteiger partial charge in [-0.15, -0.1) is 0 Å². The van der Waals surface area contributed by atoms with Crippen LogP contribution in [0.25, 0.3) is 16.6 Å². The Morgan fingerprint density at radius 1 is 1.03 bits per heavy atom. The van der Waals surface area contributed by atoms with Crippen LogP contribution >= 0.6 is 0 Å². The van der Waals surface area contributed by atoms with Gasteiger partial charge in [0.15, 0.2) is 0 Å². The molecule has 0 unspecified atom stereocenters. The zero-order valence-electron chi connectivity index (χ0n) is 18.3. The normalized spacial score (nSPS) is 11.8. The highest BCUT2D eigenvalue weighted by molar-refractivity contribution is 5.81. The number of nitrogens with zero attached hydrogens (tertiary/aromatic N) is 5. The van der Waals surface area contributed by atoms with Crippen LogP contribution in [0.5, 0.6) is 0 Å². The molecule has 0 radical (unpaired) electrons. The predicted molar refractivity (Wildman–Crippen MR) is 125 cm³/mol. The number of fused-ring (bicyclic) bond motifs is 1. The number of nitriles is 1. The van der Waals surface area contributed by atoms with Crippen molar-refractivity contribution in [2.45, 2.75) is 33.7 Å². The highest BCUT2D eigenvalue weighted by Crippen LogP contribution is 2.25. The van der Waals surface area contributed by atoms with Gasteiger partial charge in [0.25, 0.3) is 5.56 Å². The molecule has 0 aliphatic rings. The van der Waals surface area contributed by atoms with Gasteiger partial charge < -0.3 is 11.1 Å². The summed E-state index contributed by atoms with van der Waals surface area (Å²) < 4.78 is 1.63. The van der Waals surface area contributed by atoms with Gasteiger partial charge >= 0.3 is 0 Å². The maximum absolute atomic E-state index is 13.7. The van der Waals surface area contributed by atoms with E-state index in [9.17, 15) is 10.1 Å². The van der Waals surface area contributed by atoms with Crippen molar-refractivity contribution in [3.63, 3.8) is 0 Å². The Balaban J connectivity index is 1.97. The number of benzene rings is 2. The van der Waals surface area contributed by atoms with E-state index in [1.54, 1.807) is 11.5 Å². The van der Waals surface area contributed by atoms with Crippen LogP contribution in [0.4, 0.5) is 11.8 Å². The fourth-order valence-electron chi connectivity index (χ4n) is 3.85. The number of hydrogen-bond acceptors (Lipinski definition) is 7. The molecule has 8 nitrogen and oxygen atoms in total. The maximum atomic E-state index is 13.7. The van der Waals surface area contributed by atoms with Gasteiger partial charge in [-0.05, 0) is 51.0 Å². The molecule has 0 amide bonds. The first kappa shape index (κ1) is 21.0. The number of nitrogen functional groups attached to an aromatic ring is 1. The standard InChI is InChI=1S/C24H23N7O/c1-13-8-5-6-11-19(13)31-22(29-18-10-7-9-14(2)20(18)23(31)32)16(4)27-21-17(12-25)15(3)28-24(26)30-21/h5-11,16H,1-4H3,(H3,26,27,28,30)/t16-/m0/s1. The lowest BCUT2D eigenvalue weighted by Crippen LogP contribution is -2.28. The van der Waals surface area contributed by atoms with Gasteiger partial charge in [0.2, 0.25) is 5.95 Å². The topological polar surface area (TPSA) is 123 Å². The van der Waals surface area contributed by atoms with E-state index in [2.05, 4.69) is 21.4 Å². The third kappa shape index (κ3) is 3.54. The van der Waals surface area contributed by atoms with Gasteiger partial charge in [0, 0.05) is 0 Å². The number of nitrogens with one attached hydrogen (secondary N) is 1. The van der Waals surface area contributed by atoms with Crippen molar-refractivity contribution in [3.05, 3.63) is 81.0 Å².